The summed E-state index contributed by atoms with van der Waals surface area (Å²) < 4.78 is 0. The van der Waals surface area contributed by atoms with Gasteiger partial charge in [0.2, 0.25) is 5.91 Å². The molecule has 102 valence electrons. The van der Waals surface area contributed by atoms with Crippen molar-refractivity contribution in [3.05, 3.63) is 18.2 Å². The molecule has 4 nitrogen and oxygen atoms in total. The van der Waals surface area contributed by atoms with Crippen LogP contribution in [0.5, 0.6) is 0 Å². The average molecular weight is 277 g/mol. The van der Waals surface area contributed by atoms with Gasteiger partial charge in [-0.15, -0.1) is 11.8 Å². The van der Waals surface area contributed by atoms with E-state index in [0.29, 0.717) is 11.8 Å². The van der Waals surface area contributed by atoms with Crippen LogP contribution in [0.2, 0.25) is 0 Å². The minimum absolute atomic E-state index is 0.0867. The highest BCUT2D eigenvalue weighted by atomic mass is 32.2. The molecule has 1 saturated heterocycles. The van der Waals surface area contributed by atoms with E-state index >= 15 is 0 Å². The summed E-state index contributed by atoms with van der Waals surface area (Å²) in [7, 11) is 0. The number of fused-ring (bicyclic) bond motifs is 1. The number of carbonyl (C=O) groups is 1. The van der Waals surface area contributed by atoms with Gasteiger partial charge >= 0.3 is 0 Å². The molecule has 1 aromatic carbocycles. The summed E-state index contributed by atoms with van der Waals surface area (Å²) in [5, 5.41) is 9.90. The summed E-state index contributed by atoms with van der Waals surface area (Å²) in [4.78, 5) is 12.5. The van der Waals surface area contributed by atoms with E-state index in [1.54, 1.807) is 11.8 Å². The number of amides is 1. The van der Waals surface area contributed by atoms with Crippen LogP contribution in [0.25, 0.3) is 0 Å². The lowest BCUT2D eigenvalue weighted by Gasteiger charge is -2.24. The second-order valence-corrected chi connectivity index (χ2v) is 6.09. The molecule has 1 atom stereocenters. The third-order valence-electron chi connectivity index (χ3n) is 3.58. The predicted molar refractivity (Wildman–Crippen MR) is 79.9 cm³/mol. The summed E-state index contributed by atoms with van der Waals surface area (Å²) in [5.74, 6) is 0.606. The highest BCUT2D eigenvalue weighted by molar-refractivity contribution is 8.00. The number of anilines is 2. The van der Waals surface area contributed by atoms with E-state index in [9.17, 15) is 4.79 Å². The second kappa shape index (κ2) is 5.84. The maximum Gasteiger partial charge on any atom is 0.234 e. The van der Waals surface area contributed by atoms with Gasteiger partial charge in [-0.1, -0.05) is 6.42 Å². The highest BCUT2D eigenvalue weighted by Gasteiger charge is 2.16. The molecule has 0 spiro atoms. The third kappa shape index (κ3) is 3.22. The van der Waals surface area contributed by atoms with Crippen molar-refractivity contribution in [2.45, 2.75) is 30.2 Å². The zero-order valence-electron chi connectivity index (χ0n) is 10.9. The average Bonchev–Trinajstić information content (AvgIpc) is 2.46. The molecule has 19 heavy (non-hydrogen) atoms. The fraction of sp³-hybridized carbons (Fsp3) is 0.500. The Balaban J connectivity index is 1.61. The number of thioether (sulfide) groups is 1. The third-order valence-corrected chi connectivity index (χ3v) is 4.65. The fourth-order valence-corrected chi connectivity index (χ4v) is 3.32. The Hall–Kier alpha value is -1.20. The standard InChI is InChI=1S/C14H19N3OS/c18-14-9-19-13-5-4-10(7-12(13)17-14)16-8-11-3-1-2-6-15-11/h4-5,7,11,15-16H,1-3,6,8-9H2,(H,17,18). The second-order valence-electron chi connectivity index (χ2n) is 5.08. The quantitative estimate of drug-likeness (QED) is 0.793. The molecule has 0 saturated carbocycles. The topological polar surface area (TPSA) is 53.2 Å². The predicted octanol–water partition coefficient (Wildman–Crippen LogP) is 2.28. The van der Waals surface area contributed by atoms with Gasteiger partial charge in [0.05, 0.1) is 11.4 Å². The largest absolute Gasteiger partial charge is 0.383 e. The maximum absolute atomic E-state index is 11.4. The van der Waals surface area contributed by atoms with E-state index in [0.717, 1.165) is 29.4 Å². The first kappa shape index (κ1) is 12.8. The minimum Gasteiger partial charge on any atom is -0.383 e. The molecule has 0 aromatic heterocycles. The lowest BCUT2D eigenvalue weighted by atomic mass is 10.1. The first-order chi connectivity index (χ1) is 9.31. The van der Waals surface area contributed by atoms with Crippen molar-refractivity contribution in [3.63, 3.8) is 0 Å². The van der Waals surface area contributed by atoms with Gasteiger partial charge in [0, 0.05) is 23.2 Å². The van der Waals surface area contributed by atoms with Crippen molar-refractivity contribution in [3.8, 4) is 0 Å². The molecule has 1 unspecified atom stereocenters. The zero-order valence-corrected chi connectivity index (χ0v) is 11.7. The van der Waals surface area contributed by atoms with Crippen LogP contribution < -0.4 is 16.0 Å². The molecular formula is C14H19N3OS. The molecule has 0 aliphatic carbocycles. The molecular weight excluding hydrogens is 258 g/mol. The van der Waals surface area contributed by atoms with Crippen LogP contribution in [0.1, 0.15) is 19.3 Å². The minimum atomic E-state index is 0.0867. The summed E-state index contributed by atoms with van der Waals surface area (Å²) in [6, 6.07) is 6.76. The normalized spacial score (nSPS) is 22.5. The van der Waals surface area contributed by atoms with Crippen molar-refractivity contribution >= 4 is 29.0 Å². The Kier molecular flexibility index (Phi) is 3.94. The summed E-state index contributed by atoms with van der Waals surface area (Å²) >= 11 is 1.60. The van der Waals surface area contributed by atoms with Crippen molar-refractivity contribution in [1.29, 1.82) is 0 Å². The molecule has 2 aliphatic rings. The number of carbonyl (C=O) groups excluding carboxylic acids is 1. The number of hydrogen-bond donors (Lipinski definition) is 3. The molecule has 0 bridgehead atoms. The molecule has 2 heterocycles. The Morgan fingerprint density at radius 1 is 1.37 bits per heavy atom. The maximum atomic E-state index is 11.4. The smallest absolute Gasteiger partial charge is 0.234 e. The van der Waals surface area contributed by atoms with Gasteiger partial charge in [0.1, 0.15) is 0 Å². The van der Waals surface area contributed by atoms with E-state index in [1.807, 2.05) is 6.07 Å². The van der Waals surface area contributed by atoms with Gasteiger partial charge in [-0.2, -0.15) is 0 Å². The molecule has 3 rings (SSSR count). The Morgan fingerprint density at radius 2 is 2.32 bits per heavy atom. The Labute approximate surface area is 117 Å². The first-order valence-electron chi connectivity index (χ1n) is 6.85. The van der Waals surface area contributed by atoms with Crippen LogP contribution in [-0.4, -0.2) is 30.8 Å². The van der Waals surface area contributed by atoms with Crippen molar-refractivity contribution in [1.82, 2.24) is 5.32 Å². The number of benzene rings is 1. The van der Waals surface area contributed by atoms with Gasteiger partial charge in [0.25, 0.3) is 0 Å². The van der Waals surface area contributed by atoms with Crippen LogP contribution >= 0.6 is 11.8 Å². The summed E-state index contributed by atoms with van der Waals surface area (Å²) in [6.07, 6.45) is 3.85. The monoisotopic (exact) mass is 277 g/mol. The molecule has 1 amide bonds. The van der Waals surface area contributed by atoms with Crippen LogP contribution in [0, 0.1) is 0 Å². The number of hydrogen-bond acceptors (Lipinski definition) is 4. The fourth-order valence-electron chi connectivity index (χ4n) is 2.53. The molecule has 3 N–H and O–H groups in total. The van der Waals surface area contributed by atoms with E-state index in [1.165, 1.54) is 19.3 Å². The first-order valence-corrected chi connectivity index (χ1v) is 7.84. The summed E-state index contributed by atoms with van der Waals surface area (Å²) in [5.41, 5.74) is 2.01. The van der Waals surface area contributed by atoms with Crippen molar-refractivity contribution in [2.75, 3.05) is 29.5 Å². The van der Waals surface area contributed by atoms with Gasteiger partial charge < -0.3 is 16.0 Å². The lowest BCUT2D eigenvalue weighted by molar-refractivity contribution is -0.113. The Bertz CT molecular complexity index is 472. The molecule has 0 radical (unpaired) electrons. The van der Waals surface area contributed by atoms with Crippen LogP contribution in [-0.2, 0) is 4.79 Å². The van der Waals surface area contributed by atoms with Crippen molar-refractivity contribution < 1.29 is 4.79 Å². The number of piperidine rings is 1. The highest BCUT2D eigenvalue weighted by Crippen LogP contribution is 2.33. The summed E-state index contributed by atoms with van der Waals surface area (Å²) in [6.45, 7) is 2.07. The van der Waals surface area contributed by atoms with E-state index < -0.39 is 0 Å². The zero-order chi connectivity index (χ0) is 13.1. The molecule has 1 fully saturated rings. The lowest BCUT2D eigenvalue weighted by Crippen LogP contribution is -2.39. The molecule has 1 aromatic rings. The van der Waals surface area contributed by atoms with E-state index in [4.69, 9.17) is 0 Å². The molecule has 5 heteroatoms. The molecule has 2 aliphatic heterocycles. The number of rotatable bonds is 3. The van der Waals surface area contributed by atoms with Crippen LogP contribution in [0.3, 0.4) is 0 Å². The van der Waals surface area contributed by atoms with Crippen LogP contribution in [0.4, 0.5) is 11.4 Å². The van der Waals surface area contributed by atoms with Crippen molar-refractivity contribution in [2.24, 2.45) is 0 Å². The SMILES string of the molecule is O=C1CSc2ccc(NCC3CCCCN3)cc2N1. The van der Waals surface area contributed by atoms with Gasteiger partial charge in [-0.25, -0.2) is 0 Å². The van der Waals surface area contributed by atoms with E-state index in [2.05, 4.69) is 28.1 Å². The van der Waals surface area contributed by atoms with Gasteiger partial charge in [-0.05, 0) is 37.6 Å². The van der Waals surface area contributed by atoms with Gasteiger partial charge in [-0.3, -0.25) is 4.79 Å². The number of nitrogens with one attached hydrogen (secondary N) is 3. The van der Waals surface area contributed by atoms with E-state index in [-0.39, 0.29) is 5.91 Å². The Morgan fingerprint density at radius 3 is 3.16 bits per heavy atom. The van der Waals surface area contributed by atoms with Gasteiger partial charge in [0.15, 0.2) is 0 Å². The van der Waals surface area contributed by atoms with Crippen LogP contribution in [0.15, 0.2) is 23.1 Å².